The summed E-state index contributed by atoms with van der Waals surface area (Å²) in [4.78, 5) is 103. The van der Waals surface area contributed by atoms with Crippen LogP contribution in [0.3, 0.4) is 0 Å². The van der Waals surface area contributed by atoms with Crippen LogP contribution >= 0.6 is 69.6 Å². The molecule has 2 aliphatic heterocycles. The van der Waals surface area contributed by atoms with Gasteiger partial charge >= 0.3 is 36.3 Å². The zero-order valence-corrected chi connectivity index (χ0v) is 48.1. The topological polar surface area (TPSA) is 235 Å². The third kappa shape index (κ3) is 12.0. The predicted octanol–water partition coefficient (Wildman–Crippen LogP) is 9.81. The van der Waals surface area contributed by atoms with Crippen LogP contribution in [0.15, 0.2) is 71.8 Å². The number of rotatable bonds is 10. The van der Waals surface area contributed by atoms with Gasteiger partial charge < -0.3 is 52.5 Å². The van der Waals surface area contributed by atoms with Gasteiger partial charge in [0.2, 0.25) is 7.59 Å². The minimum atomic E-state index is -2.62. The molecule has 4 fully saturated rings. The van der Waals surface area contributed by atoms with E-state index in [1.165, 1.54) is 44.7 Å². The fourth-order valence-corrected chi connectivity index (χ4v) is 11.8. The zero-order valence-electron chi connectivity index (χ0n) is 43.5. The van der Waals surface area contributed by atoms with E-state index < -0.39 is 164 Å². The second-order valence-electron chi connectivity index (χ2n) is 21.8. The van der Waals surface area contributed by atoms with E-state index in [1.54, 1.807) is 83.1 Å². The maximum atomic E-state index is 16.4. The lowest BCUT2D eigenvalue weighted by Gasteiger charge is -2.67. The molecule has 2 saturated heterocycles. The van der Waals surface area contributed by atoms with Crippen LogP contribution in [0.25, 0.3) is 0 Å². The lowest BCUT2D eigenvalue weighted by atomic mass is 9.44. The Morgan fingerprint density at radius 3 is 1.87 bits per heavy atom. The number of halogens is 6. The number of amides is 1. The molecule has 0 radical (unpaired) electrons. The third-order valence-electron chi connectivity index (χ3n) is 14.8. The Kier molecular flexibility index (Phi) is 16.9. The summed E-state index contributed by atoms with van der Waals surface area (Å²) in [5, 5.41) is 14.2. The van der Waals surface area contributed by atoms with Crippen LogP contribution in [0.5, 0.6) is 0 Å². The summed E-state index contributed by atoms with van der Waals surface area (Å²) in [6, 6.07) is 14.9. The van der Waals surface area contributed by atoms with Crippen molar-refractivity contribution in [3.63, 3.8) is 0 Å². The maximum Gasteiger partial charge on any atom is 0.509 e. The highest BCUT2D eigenvalue weighted by atomic mass is 35.6. The summed E-state index contributed by atoms with van der Waals surface area (Å²) in [7, 11) is 0. The number of carbonyl (C=O) groups excluding carboxylic acids is 7. The summed E-state index contributed by atoms with van der Waals surface area (Å²) in [6.45, 7) is 12.7. The first-order chi connectivity index (χ1) is 35.5. The van der Waals surface area contributed by atoms with Gasteiger partial charge in [-0.25, -0.2) is 24.0 Å². The second kappa shape index (κ2) is 21.6. The summed E-state index contributed by atoms with van der Waals surface area (Å²) in [6.07, 6.45) is -15.4. The molecule has 2 heterocycles. The van der Waals surface area contributed by atoms with Crippen molar-refractivity contribution in [3.8, 4) is 0 Å². The van der Waals surface area contributed by atoms with Crippen molar-refractivity contribution in [2.24, 2.45) is 16.7 Å². The molecule has 3 unspecified atom stereocenters. The lowest BCUT2D eigenvalue weighted by molar-refractivity contribution is -0.346. The normalized spacial score (nSPS) is 31.4. The Balaban J connectivity index is 1.47. The standard InChI is InChI=1S/C52H59Cl6NO18/c1-26-30(71-41(63)36-34(28-17-13-11-14-18-28)59(47(8,9)76-36)42(64)77-45(3,4)5)22-50(67)39(74-40(62)29-19-15-12-16-20-29)37-48(10,38(61)35(33(26)46(50,6)7)73-44(66)70-25-52(56,57)58)31(72-43(65)69-24-51(53,54)55)21-32-49(37,23-68-32)75-27(2)60/h11-20,30-32,34-37,39,67H,21-25H2,1-10H3/t30-,31-,32+,34?,35+,36?,37-,39-,48+,49-,50?/m0/s1. The average molecular weight is 1200 g/mol. The Morgan fingerprint density at radius 1 is 0.792 bits per heavy atom. The first-order valence-corrected chi connectivity index (χ1v) is 26.5. The number of ketones is 1. The van der Waals surface area contributed by atoms with Crippen molar-refractivity contribution in [1.82, 2.24) is 4.90 Å². The van der Waals surface area contributed by atoms with Crippen LogP contribution in [0.4, 0.5) is 14.4 Å². The number of esters is 3. The molecule has 7 rings (SSSR count). The number of nitrogens with zero attached hydrogens (tertiary/aromatic N) is 1. The molecule has 3 aliphatic carbocycles. The van der Waals surface area contributed by atoms with Crippen LogP contribution in [0, 0.1) is 16.7 Å². The largest absolute Gasteiger partial charge is 0.509 e. The van der Waals surface area contributed by atoms with Crippen LogP contribution in [-0.4, -0.2) is 139 Å². The molecule has 77 heavy (non-hydrogen) atoms. The van der Waals surface area contributed by atoms with Crippen molar-refractivity contribution in [2.45, 2.75) is 155 Å². The number of ether oxygens (including phenoxy) is 10. The van der Waals surface area contributed by atoms with Gasteiger partial charge in [-0.1, -0.05) is 132 Å². The van der Waals surface area contributed by atoms with Crippen molar-refractivity contribution in [2.75, 3.05) is 19.8 Å². The van der Waals surface area contributed by atoms with Gasteiger partial charge in [-0.05, 0) is 77.3 Å². The van der Waals surface area contributed by atoms with Crippen LogP contribution in [-0.2, 0) is 61.8 Å². The minimum Gasteiger partial charge on any atom is -0.456 e. The van der Waals surface area contributed by atoms with Crippen molar-refractivity contribution >= 4 is 112 Å². The highest BCUT2D eigenvalue weighted by Crippen LogP contribution is 2.65. The van der Waals surface area contributed by atoms with Gasteiger partial charge in [0.15, 0.2) is 23.6 Å². The quantitative estimate of drug-likeness (QED) is 0.101. The molecule has 19 nitrogen and oxygen atoms in total. The van der Waals surface area contributed by atoms with Gasteiger partial charge in [0.1, 0.15) is 60.6 Å². The highest BCUT2D eigenvalue weighted by molar-refractivity contribution is 6.68. The predicted molar refractivity (Wildman–Crippen MR) is 276 cm³/mol. The van der Waals surface area contributed by atoms with E-state index in [0.29, 0.717) is 5.56 Å². The van der Waals surface area contributed by atoms with E-state index in [2.05, 4.69) is 0 Å². The van der Waals surface area contributed by atoms with Crippen LogP contribution in [0.1, 0.15) is 104 Å². The van der Waals surface area contributed by atoms with E-state index in [1.807, 2.05) is 0 Å². The van der Waals surface area contributed by atoms with E-state index in [0.717, 1.165) is 6.92 Å². The van der Waals surface area contributed by atoms with E-state index in [9.17, 15) is 29.1 Å². The second-order valence-corrected chi connectivity index (χ2v) is 26.8. The SMILES string of the molecule is CC(=O)O[C@@]12CO[C@@H]1C[C@H](OC(=O)OCC(Cl)(Cl)Cl)[C@@]1(C)C(=O)[C@H](OC(=O)OCC(Cl)(Cl)Cl)C3=C(C)[C@@H](OC(=O)C4OC(C)(C)N(C(=O)OC(C)(C)C)C4c4ccccc4)CC(O)([C@@H](OC(=O)c4ccccc4)[C@H]21)C3(C)C. The van der Waals surface area contributed by atoms with Gasteiger partial charge in [-0.15, -0.1) is 0 Å². The maximum absolute atomic E-state index is 16.4. The molecular formula is C52H59Cl6NO18. The Bertz CT molecular complexity index is 2670. The Labute approximate surface area is 474 Å². The summed E-state index contributed by atoms with van der Waals surface area (Å²) >= 11 is 35.6. The number of Topliss-reactive ketones (excluding diaryl/α,β-unsaturated/α-hetero) is 1. The van der Waals surface area contributed by atoms with Crippen molar-refractivity contribution < 1.29 is 86.0 Å². The molecule has 422 valence electrons. The summed E-state index contributed by atoms with van der Waals surface area (Å²) in [5.74, 6) is -5.96. The first kappa shape index (κ1) is 60.3. The molecule has 2 bridgehead atoms. The molecule has 2 aromatic rings. The van der Waals surface area contributed by atoms with Gasteiger partial charge in [0.05, 0.1) is 23.5 Å². The molecule has 11 atom stereocenters. The number of alkyl halides is 6. The van der Waals surface area contributed by atoms with Crippen molar-refractivity contribution in [3.05, 3.63) is 82.9 Å². The van der Waals surface area contributed by atoms with Gasteiger partial charge in [-0.3, -0.25) is 14.5 Å². The number of aliphatic hydroxyl groups is 1. The van der Waals surface area contributed by atoms with E-state index in [-0.39, 0.29) is 16.7 Å². The Hall–Kier alpha value is -4.31. The molecule has 1 N–H and O–H groups in total. The molecule has 0 spiro atoms. The van der Waals surface area contributed by atoms with Crippen LogP contribution in [0.2, 0.25) is 0 Å². The highest BCUT2D eigenvalue weighted by Gasteiger charge is 2.79. The monoisotopic (exact) mass is 1200 g/mol. The molecule has 25 heteroatoms. The molecular weight excluding hydrogens is 1140 g/mol. The number of fused-ring (bicyclic) bond motifs is 5. The molecule has 2 saturated carbocycles. The number of benzene rings is 2. The van der Waals surface area contributed by atoms with E-state index >= 15 is 9.59 Å². The molecule has 0 aromatic heterocycles. The lowest BCUT2D eigenvalue weighted by Crippen LogP contribution is -2.82. The first-order valence-electron chi connectivity index (χ1n) is 24.3. The van der Waals surface area contributed by atoms with Gasteiger partial charge in [-0.2, -0.15) is 0 Å². The van der Waals surface area contributed by atoms with E-state index in [4.69, 9.17) is 117 Å². The fraction of sp³-hybridized carbons (Fsp3) is 0.596. The summed E-state index contributed by atoms with van der Waals surface area (Å²) in [5.41, 5.74) is -11.2. The van der Waals surface area contributed by atoms with Crippen molar-refractivity contribution in [1.29, 1.82) is 0 Å². The molecule has 5 aliphatic rings. The molecule has 1 amide bonds. The summed E-state index contributed by atoms with van der Waals surface area (Å²) < 4.78 is 55.5. The average Bonchev–Trinajstić information content (AvgIpc) is 3.61. The van der Waals surface area contributed by atoms with Crippen LogP contribution < -0.4 is 0 Å². The fourth-order valence-electron chi connectivity index (χ4n) is 11.5. The number of carbonyl (C=O) groups is 7. The smallest absolute Gasteiger partial charge is 0.456 e. The number of hydrogen-bond acceptors (Lipinski definition) is 18. The zero-order chi connectivity index (χ0) is 57.2. The molecule has 2 aromatic carbocycles. The van der Waals surface area contributed by atoms with Gasteiger partial charge in [0.25, 0.3) is 0 Å². The Morgan fingerprint density at radius 2 is 1.35 bits per heavy atom. The van der Waals surface area contributed by atoms with Gasteiger partial charge in [0, 0.05) is 25.2 Å². The third-order valence-corrected chi connectivity index (χ3v) is 15.5. The number of hydrogen-bond donors (Lipinski definition) is 1. The minimum absolute atomic E-state index is 0.0306.